The van der Waals surface area contributed by atoms with E-state index < -0.39 is 0 Å². The Labute approximate surface area is 115 Å². The molecule has 0 aliphatic heterocycles. The van der Waals surface area contributed by atoms with Crippen LogP contribution >= 0.6 is 0 Å². The van der Waals surface area contributed by atoms with Crippen LogP contribution in [0.1, 0.15) is 45.6 Å². The Morgan fingerprint density at radius 1 is 1.26 bits per heavy atom. The minimum atomic E-state index is 0.111. The summed E-state index contributed by atoms with van der Waals surface area (Å²) in [5.74, 6) is 0.536. The van der Waals surface area contributed by atoms with Crippen LogP contribution in [0.5, 0.6) is 0 Å². The van der Waals surface area contributed by atoms with E-state index in [1.165, 1.54) is 5.56 Å². The van der Waals surface area contributed by atoms with Gasteiger partial charge in [0.05, 0.1) is 0 Å². The van der Waals surface area contributed by atoms with Crippen molar-refractivity contribution in [1.29, 1.82) is 0 Å². The highest BCUT2D eigenvalue weighted by molar-refractivity contribution is 5.91. The second-order valence-corrected chi connectivity index (χ2v) is 6.35. The van der Waals surface area contributed by atoms with Crippen LogP contribution in [0.3, 0.4) is 0 Å². The van der Waals surface area contributed by atoms with E-state index in [4.69, 9.17) is 0 Å². The van der Waals surface area contributed by atoms with E-state index in [9.17, 15) is 4.79 Å². The molecule has 2 heteroatoms. The first-order valence-electron chi connectivity index (χ1n) is 7.02. The third kappa shape index (κ3) is 3.95. The highest BCUT2D eigenvalue weighted by atomic mass is 16.1. The van der Waals surface area contributed by atoms with E-state index in [0.717, 1.165) is 18.5 Å². The summed E-state index contributed by atoms with van der Waals surface area (Å²) in [7, 11) is 0. The maximum Gasteiger partial charge on any atom is 0.224 e. The molecule has 0 fully saturated rings. The summed E-state index contributed by atoms with van der Waals surface area (Å²) in [5, 5.41) is 2.97. The Hall–Kier alpha value is -1.57. The predicted molar refractivity (Wildman–Crippen MR) is 80.3 cm³/mol. The number of carbonyl (C=O) groups excluding carboxylic acids is 1. The number of amides is 1. The van der Waals surface area contributed by atoms with Gasteiger partial charge in [0.1, 0.15) is 0 Å². The van der Waals surface area contributed by atoms with Crippen LogP contribution in [-0.4, -0.2) is 5.91 Å². The van der Waals surface area contributed by atoms with Gasteiger partial charge in [-0.25, -0.2) is 0 Å². The van der Waals surface area contributed by atoms with Crippen molar-refractivity contribution in [3.05, 3.63) is 42.0 Å². The second-order valence-electron chi connectivity index (χ2n) is 6.35. The van der Waals surface area contributed by atoms with Gasteiger partial charge in [0.2, 0.25) is 5.91 Å². The Morgan fingerprint density at radius 3 is 2.47 bits per heavy atom. The molecule has 2 rings (SSSR count). The Morgan fingerprint density at radius 2 is 1.95 bits per heavy atom. The van der Waals surface area contributed by atoms with Gasteiger partial charge in [0.15, 0.2) is 0 Å². The third-order valence-corrected chi connectivity index (χ3v) is 3.59. The molecule has 1 aliphatic carbocycles. The van der Waals surface area contributed by atoms with Gasteiger partial charge >= 0.3 is 0 Å². The maximum atomic E-state index is 11.9. The Balaban J connectivity index is 1.92. The number of carbonyl (C=O) groups is 1. The monoisotopic (exact) mass is 257 g/mol. The lowest BCUT2D eigenvalue weighted by Crippen LogP contribution is -2.15. The van der Waals surface area contributed by atoms with Gasteiger partial charge in [0.25, 0.3) is 0 Å². The summed E-state index contributed by atoms with van der Waals surface area (Å²) < 4.78 is 0. The number of hydrogen-bond acceptors (Lipinski definition) is 1. The lowest BCUT2D eigenvalue weighted by atomic mass is 9.87. The molecule has 102 valence electrons. The Bertz CT molecular complexity index is 465. The second kappa shape index (κ2) is 5.60. The van der Waals surface area contributed by atoms with Crippen molar-refractivity contribution in [2.45, 2.75) is 45.4 Å². The van der Waals surface area contributed by atoms with Gasteiger partial charge in [-0.2, -0.15) is 0 Å². The molecule has 1 aliphatic rings. The summed E-state index contributed by atoms with van der Waals surface area (Å²) >= 11 is 0. The first kappa shape index (κ1) is 13.9. The van der Waals surface area contributed by atoms with Crippen LogP contribution in [0.15, 0.2) is 36.4 Å². The highest BCUT2D eigenvalue weighted by Gasteiger charge is 2.15. The summed E-state index contributed by atoms with van der Waals surface area (Å²) in [4.78, 5) is 11.9. The van der Waals surface area contributed by atoms with Crippen LogP contribution in [-0.2, 0) is 10.2 Å². The molecule has 2 nitrogen and oxygen atoms in total. The zero-order valence-corrected chi connectivity index (χ0v) is 12.1. The van der Waals surface area contributed by atoms with Crippen molar-refractivity contribution in [2.24, 2.45) is 5.92 Å². The standard InChI is InChI=1S/C17H23NO/c1-17(2,3)14-8-10-15(11-9-14)18-16(19)12-13-6-4-5-7-13/h4,6,8-11,13H,5,7,12H2,1-3H3,(H,18,19). The highest BCUT2D eigenvalue weighted by Crippen LogP contribution is 2.24. The number of nitrogens with one attached hydrogen (secondary N) is 1. The van der Waals surface area contributed by atoms with Crippen molar-refractivity contribution in [3.63, 3.8) is 0 Å². The lowest BCUT2D eigenvalue weighted by Gasteiger charge is -2.19. The topological polar surface area (TPSA) is 29.1 Å². The van der Waals surface area contributed by atoms with E-state index in [1.807, 2.05) is 12.1 Å². The summed E-state index contributed by atoms with van der Waals surface area (Å²) in [6.45, 7) is 6.56. The van der Waals surface area contributed by atoms with Gasteiger partial charge in [-0.1, -0.05) is 45.1 Å². The largest absolute Gasteiger partial charge is 0.326 e. The van der Waals surface area contributed by atoms with Crippen LogP contribution in [0.25, 0.3) is 0 Å². The van der Waals surface area contributed by atoms with Crippen molar-refractivity contribution >= 4 is 11.6 Å². The number of rotatable bonds is 3. The number of anilines is 1. The maximum absolute atomic E-state index is 11.9. The number of hydrogen-bond donors (Lipinski definition) is 1. The first-order valence-corrected chi connectivity index (χ1v) is 7.02. The fourth-order valence-electron chi connectivity index (χ4n) is 2.37. The zero-order chi connectivity index (χ0) is 13.9. The van der Waals surface area contributed by atoms with Gasteiger partial charge in [-0.15, -0.1) is 0 Å². The molecule has 1 N–H and O–H groups in total. The normalized spacial score (nSPS) is 18.6. The van der Waals surface area contributed by atoms with Gasteiger partial charge in [-0.05, 0) is 41.9 Å². The average molecular weight is 257 g/mol. The van der Waals surface area contributed by atoms with Crippen LogP contribution in [0.2, 0.25) is 0 Å². The fourth-order valence-corrected chi connectivity index (χ4v) is 2.37. The molecule has 0 saturated heterocycles. The zero-order valence-electron chi connectivity index (χ0n) is 12.1. The minimum absolute atomic E-state index is 0.111. The molecular formula is C17H23NO. The molecule has 0 heterocycles. The molecule has 0 aromatic heterocycles. The molecule has 1 unspecified atom stereocenters. The number of allylic oxidation sites excluding steroid dienone is 2. The van der Waals surface area contributed by atoms with Crippen LogP contribution in [0, 0.1) is 5.92 Å². The van der Waals surface area contributed by atoms with Crippen LogP contribution < -0.4 is 5.32 Å². The molecule has 0 saturated carbocycles. The molecule has 1 atom stereocenters. The van der Waals surface area contributed by atoms with Crippen LogP contribution in [0.4, 0.5) is 5.69 Å². The fraction of sp³-hybridized carbons (Fsp3) is 0.471. The van der Waals surface area contributed by atoms with Crippen molar-refractivity contribution in [1.82, 2.24) is 0 Å². The van der Waals surface area contributed by atoms with E-state index in [1.54, 1.807) is 0 Å². The summed E-state index contributed by atoms with van der Waals surface area (Å²) in [5.41, 5.74) is 2.32. The number of benzene rings is 1. The molecule has 1 amide bonds. The third-order valence-electron chi connectivity index (χ3n) is 3.59. The molecule has 0 spiro atoms. The molecule has 1 aromatic carbocycles. The Kier molecular flexibility index (Phi) is 4.08. The minimum Gasteiger partial charge on any atom is -0.326 e. The smallest absolute Gasteiger partial charge is 0.224 e. The van der Waals surface area contributed by atoms with E-state index >= 15 is 0 Å². The average Bonchev–Trinajstić information content (AvgIpc) is 2.81. The van der Waals surface area contributed by atoms with Crippen molar-refractivity contribution in [3.8, 4) is 0 Å². The summed E-state index contributed by atoms with van der Waals surface area (Å²) in [6.07, 6.45) is 7.13. The van der Waals surface area contributed by atoms with Gasteiger partial charge in [-0.3, -0.25) is 4.79 Å². The SMILES string of the molecule is CC(C)(C)c1ccc(NC(=O)CC2C=CCC2)cc1. The van der Waals surface area contributed by atoms with E-state index in [-0.39, 0.29) is 11.3 Å². The molecule has 1 aromatic rings. The molecule has 0 radical (unpaired) electrons. The molecular weight excluding hydrogens is 234 g/mol. The lowest BCUT2D eigenvalue weighted by molar-refractivity contribution is -0.116. The van der Waals surface area contributed by atoms with Crippen molar-refractivity contribution in [2.75, 3.05) is 5.32 Å². The van der Waals surface area contributed by atoms with Gasteiger partial charge in [0, 0.05) is 12.1 Å². The van der Waals surface area contributed by atoms with E-state index in [2.05, 4.69) is 50.4 Å². The quantitative estimate of drug-likeness (QED) is 0.805. The molecule has 19 heavy (non-hydrogen) atoms. The molecule has 0 bridgehead atoms. The predicted octanol–water partition coefficient (Wildman–Crippen LogP) is 4.28. The van der Waals surface area contributed by atoms with Gasteiger partial charge < -0.3 is 5.32 Å². The van der Waals surface area contributed by atoms with E-state index in [0.29, 0.717) is 12.3 Å². The van der Waals surface area contributed by atoms with Crippen molar-refractivity contribution < 1.29 is 4.79 Å². The first-order chi connectivity index (χ1) is 8.95. The summed E-state index contributed by atoms with van der Waals surface area (Å²) in [6, 6.07) is 8.15.